The molecule has 142 valence electrons. The van der Waals surface area contributed by atoms with E-state index < -0.39 is 6.10 Å². The number of ether oxygens (including phenoxy) is 1. The standard InChI is InChI=1S/C22H22N4O2/c27-21(19-9-15-26(16-10-19)22-24-11-4-12-25-22)28-20(17-5-2-1-3-6-17)18-7-13-23-14-8-18/h1-8,11-14,19-20H,9-10,15-16H2. The fourth-order valence-electron chi connectivity index (χ4n) is 3.48. The molecule has 2 aromatic heterocycles. The Morgan fingerprint density at radius 2 is 1.54 bits per heavy atom. The summed E-state index contributed by atoms with van der Waals surface area (Å²) in [5.74, 6) is 0.445. The molecule has 1 aromatic carbocycles. The number of rotatable bonds is 5. The molecule has 1 aliphatic heterocycles. The van der Waals surface area contributed by atoms with E-state index in [4.69, 9.17) is 4.74 Å². The normalized spacial score (nSPS) is 15.8. The van der Waals surface area contributed by atoms with Gasteiger partial charge in [-0.1, -0.05) is 30.3 Å². The summed E-state index contributed by atoms with van der Waals surface area (Å²) in [6.07, 6.45) is 7.95. The average molecular weight is 374 g/mol. The lowest BCUT2D eigenvalue weighted by Crippen LogP contribution is -2.38. The molecule has 0 spiro atoms. The summed E-state index contributed by atoms with van der Waals surface area (Å²) in [6.45, 7) is 1.49. The lowest BCUT2D eigenvalue weighted by molar-refractivity contribution is -0.153. The van der Waals surface area contributed by atoms with Crippen molar-refractivity contribution in [1.82, 2.24) is 15.0 Å². The molecule has 28 heavy (non-hydrogen) atoms. The molecule has 0 aliphatic carbocycles. The van der Waals surface area contributed by atoms with E-state index in [2.05, 4.69) is 19.9 Å². The van der Waals surface area contributed by atoms with Gasteiger partial charge in [0.15, 0.2) is 6.10 Å². The number of carbonyl (C=O) groups is 1. The monoisotopic (exact) mass is 374 g/mol. The first-order valence-corrected chi connectivity index (χ1v) is 9.48. The van der Waals surface area contributed by atoms with E-state index in [1.54, 1.807) is 30.9 Å². The van der Waals surface area contributed by atoms with Gasteiger partial charge in [0.2, 0.25) is 5.95 Å². The Morgan fingerprint density at radius 3 is 2.21 bits per heavy atom. The van der Waals surface area contributed by atoms with Crippen LogP contribution >= 0.6 is 0 Å². The van der Waals surface area contributed by atoms with Gasteiger partial charge in [-0.15, -0.1) is 0 Å². The molecular formula is C22H22N4O2. The molecule has 1 fully saturated rings. The predicted molar refractivity (Wildman–Crippen MR) is 106 cm³/mol. The lowest BCUT2D eigenvalue weighted by atomic mass is 9.96. The number of benzene rings is 1. The molecule has 0 saturated carbocycles. The highest BCUT2D eigenvalue weighted by molar-refractivity contribution is 5.73. The van der Waals surface area contributed by atoms with Crippen molar-refractivity contribution < 1.29 is 9.53 Å². The van der Waals surface area contributed by atoms with Crippen LogP contribution in [-0.4, -0.2) is 34.0 Å². The Balaban J connectivity index is 1.44. The van der Waals surface area contributed by atoms with Crippen LogP contribution in [0.4, 0.5) is 5.95 Å². The fourth-order valence-corrected chi connectivity index (χ4v) is 3.48. The molecule has 1 unspecified atom stereocenters. The van der Waals surface area contributed by atoms with E-state index in [0.717, 1.165) is 37.1 Å². The van der Waals surface area contributed by atoms with Gasteiger partial charge in [-0.2, -0.15) is 0 Å². The molecular weight excluding hydrogens is 352 g/mol. The highest BCUT2D eigenvalue weighted by Crippen LogP contribution is 2.29. The molecule has 6 nitrogen and oxygen atoms in total. The largest absolute Gasteiger partial charge is 0.452 e. The number of esters is 1. The number of hydrogen-bond acceptors (Lipinski definition) is 6. The Hall–Kier alpha value is -3.28. The molecule has 0 bridgehead atoms. The summed E-state index contributed by atoms with van der Waals surface area (Å²) in [7, 11) is 0. The van der Waals surface area contributed by atoms with Crippen LogP contribution in [0.2, 0.25) is 0 Å². The third-order valence-electron chi connectivity index (χ3n) is 5.01. The predicted octanol–water partition coefficient (Wildman–Crippen LogP) is 3.42. The number of piperidine rings is 1. The second-order valence-corrected chi connectivity index (χ2v) is 6.82. The molecule has 1 saturated heterocycles. The molecule has 6 heteroatoms. The average Bonchev–Trinajstić information content (AvgIpc) is 2.79. The minimum absolute atomic E-state index is 0.118. The number of carbonyl (C=O) groups excluding carboxylic acids is 1. The zero-order valence-electron chi connectivity index (χ0n) is 15.5. The van der Waals surface area contributed by atoms with E-state index in [9.17, 15) is 4.79 Å². The lowest BCUT2D eigenvalue weighted by Gasteiger charge is -2.31. The molecule has 0 radical (unpaired) electrons. The maximum Gasteiger partial charge on any atom is 0.310 e. The Bertz CT molecular complexity index is 843. The zero-order valence-corrected chi connectivity index (χ0v) is 15.5. The van der Waals surface area contributed by atoms with Crippen molar-refractivity contribution >= 4 is 11.9 Å². The van der Waals surface area contributed by atoms with Crippen LogP contribution in [0.25, 0.3) is 0 Å². The van der Waals surface area contributed by atoms with Crippen LogP contribution in [0.15, 0.2) is 73.3 Å². The van der Waals surface area contributed by atoms with E-state index in [0.29, 0.717) is 5.95 Å². The highest BCUT2D eigenvalue weighted by Gasteiger charge is 2.29. The van der Waals surface area contributed by atoms with Gasteiger partial charge in [0.05, 0.1) is 5.92 Å². The minimum atomic E-state index is -0.424. The molecule has 4 rings (SSSR count). The topological polar surface area (TPSA) is 68.2 Å². The van der Waals surface area contributed by atoms with Gasteiger partial charge in [-0.3, -0.25) is 9.78 Å². The number of hydrogen-bond donors (Lipinski definition) is 0. The molecule has 1 aliphatic rings. The third-order valence-corrected chi connectivity index (χ3v) is 5.01. The number of pyridine rings is 1. The number of nitrogens with zero attached hydrogens (tertiary/aromatic N) is 4. The Kier molecular flexibility index (Phi) is 5.56. The van der Waals surface area contributed by atoms with Crippen LogP contribution in [-0.2, 0) is 9.53 Å². The quantitative estimate of drug-likeness (QED) is 0.638. The third kappa shape index (κ3) is 4.17. The summed E-state index contributed by atoms with van der Waals surface area (Å²) in [5, 5.41) is 0. The first kappa shape index (κ1) is 18.1. The fraction of sp³-hybridized carbons (Fsp3) is 0.273. The summed E-state index contributed by atoms with van der Waals surface area (Å²) >= 11 is 0. The van der Waals surface area contributed by atoms with E-state index in [1.807, 2.05) is 42.5 Å². The van der Waals surface area contributed by atoms with Crippen LogP contribution in [0.3, 0.4) is 0 Å². The molecule has 1 atom stereocenters. The van der Waals surface area contributed by atoms with Crippen molar-refractivity contribution in [1.29, 1.82) is 0 Å². The summed E-state index contributed by atoms with van der Waals surface area (Å²) < 4.78 is 5.99. The van der Waals surface area contributed by atoms with Crippen LogP contribution in [0, 0.1) is 5.92 Å². The smallest absolute Gasteiger partial charge is 0.310 e. The van der Waals surface area contributed by atoms with Gasteiger partial charge in [-0.25, -0.2) is 9.97 Å². The van der Waals surface area contributed by atoms with Gasteiger partial charge in [0.1, 0.15) is 0 Å². The SMILES string of the molecule is O=C(OC(c1ccccc1)c1ccncc1)C1CCN(c2ncccn2)CC1. The van der Waals surface area contributed by atoms with E-state index in [1.165, 1.54) is 0 Å². The Labute approximate surface area is 164 Å². The van der Waals surface area contributed by atoms with Crippen molar-refractivity contribution in [3.05, 3.63) is 84.4 Å². The molecule has 0 N–H and O–H groups in total. The van der Waals surface area contributed by atoms with Crippen LogP contribution < -0.4 is 4.90 Å². The maximum atomic E-state index is 12.9. The minimum Gasteiger partial charge on any atom is -0.452 e. The maximum absolute atomic E-state index is 12.9. The van der Waals surface area contributed by atoms with E-state index in [-0.39, 0.29) is 11.9 Å². The van der Waals surface area contributed by atoms with E-state index >= 15 is 0 Å². The van der Waals surface area contributed by atoms with Crippen LogP contribution in [0.5, 0.6) is 0 Å². The summed E-state index contributed by atoms with van der Waals surface area (Å²) in [6, 6.07) is 15.4. The van der Waals surface area contributed by atoms with Crippen molar-refractivity contribution in [3.8, 4) is 0 Å². The highest BCUT2D eigenvalue weighted by atomic mass is 16.5. The Morgan fingerprint density at radius 1 is 0.893 bits per heavy atom. The van der Waals surface area contributed by atoms with Gasteiger partial charge in [0, 0.05) is 43.4 Å². The number of anilines is 1. The van der Waals surface area contributed by atoms with Gasteiger partial charge < -0.3 is 9.64 Å². The molecule has 0 amide bonds. The summed E-state index contributed by atoms with van der Waals surface area (Å²) in [5.41, 5.74) is 1.88. The van der Waals surface area contributed by atoms with Crippen molar-refractivity contribution in [3.63, 3.8) is 0 Å². The molecule has 3 heterocycles. The second-order valence-electron chi connectivity index (χ2n) is 6.82. The van der Waals surface area contributed by atoms with Gasteiger partial charge in [-0.05, 0) is 36.6 Å². The first-order valence-electron chi connectivity index (χ1n) is 9.48. The van der Waals surface area contributed by atoms with Crippen LogP contribution in [0.1, 0.15) is 30.1 Å². The van der Waals surface area contributed by atoms with Crippen molar-refractivity contribution in [2.75, 3.05) is 18.0 Å². The van der Waals surface area contributed by atoms with Gasteiger partial charge >= 0.3 is 5.97 Å². The van der Waals surface area contributed by atoms with Crippen molar-refractivity contribution in [2.45, 2.75) is 18.9 Å². The first-order chi connectivity index (χ1) is 13.8. The summed E-state index contributed by atoms with van der Waals surface area (Å²) in [4.78, 5) is 27.7. The van der Waals surface area contributed by atoms with Crippen molar-refractivity contribution in [2.24, 2.45) is 5.92 Å². The zero-order chi connectivity index (χ0) is 19.2. The number of aromatic nitrogens is 3. The van der Waals surface area contributed by atoms with Gasteiger partial charge in [0.25, 0.3) is 0 Å². The second kappa shape index (κ2) is 8.61. The molecule has 3 aromatic rings.